The molecular weight excluding hydrogens is 444 g/mol. The van der Waals surface area contributed by atoms with Crippen LogP contribution in [0, 0.1) is 16.7 Å². The van der Waals surface area contributed by atoms with Crippen molar-refractivity contribution in [3.8, 4) is 6.07 Å². The van der Waals surface area contributed by atoms with E-state index in [2.05, 4.69) is 35.2 Å². The van der Waals surface area contributed by atoms with Gasteiger partial charge in [-0.15, -0.1) is 0 Å². The number of aromatic amines is 1. The van der Waals surface area contributed by atoms with Crippen molar-refractivity contribution in [3.63, 3.8) is 0 Å². The van der Waals surface area contributed by atoms with Crippen molar-refractivity contribution in [2.24, 2.45) is 5.41 Å². The zero-order chi connectivity index (χ0) is 25.3. The first kappa shape index (κ1) is 25.1. The van der Waals surface area contributed by atoms with Crippen LogP contribution in [-0.4, -0.2) is 41.0 Å². The molecular formula is C27H34N4O4. The summed E-state index contributed by atoms with van der Waals surface area (Å²) in [7, 11) is 3.28. The fraction of sp³-hybridized carbons (Fsp3) is 0.519. The molecule has 1 saturated carbocycles. The number of nitrogens with zero attached hydrogens (tertiary/aromatic N) is 2. The van der Waals surface area contributed by atoms with Crippen LogP contribution >= 0.6 is 0 Å². The van der Waals surface area contributed by atoms with Gasteiger partial charge in [0.25, 0.3) is 5.91 Å². The second-order valence-corrected chi connectivity index (χ2v) is 10.4. The SMILES string of the molecule is COC1(OC)CCC(O)(c2ccc(NC(=O)c3ncc(C#N)[nH]3)c(C3=CCC(C)(C)CC3)c2)CC1. The van der Waals surface area contributed by atoms with Crippen LogP contribution in [0.1, 0.15) is 86.2 Å². The lowest BCUT2D eigenvalue weighted by Gasteiger charge is -2.42. The Kier molecular flexibility index (Phi) is 6.87. The van der Waals surface area contributed by atoms with Crippen molar-refractivity contribution in [2.75, 3.05) is 19.5 Å². The van der Waals surface area contributed by atoms with E-state index in [1.54, 1.807) is 14.2 Å². The number of allylic oxidation sites excluding steroid dienone is 2. The standard InChI is InChI=1S/C27H34N4O4/c1-25(2)9-7-18(8-10-25)21-15-19(26(33)11-13-27(34-3,35-4)14-12-26)5-6-22(21)31-24(32)23-29-17-20(16-28)30-23/h5-7,15,17,33H,8-14H2,1-4H3,(H,29,30)(H,31,32). The second-order valence-electron chi connectivity index (χ2n) is 10.4. The van der Waals surface area contributed by atoms with Gasteiger partial charge in [-0.1, -0.05) is 26.0 Å². The highest BCUT2D eigenvalue weighted by Gasteiger charge is 2.43. The molecule has 2 aliphatic rings. The third-order valence-electron chi connectivity index (χ3n) is 7.62. The van der Waals surface area contributed by atoms with E-state index in [4.69, 9.17) is 14.7 Å². The monoisotopic (exact) mass is 478 g/mol. The Morgan fingerprint density at radius 3 is 2.46 bits per heavy atom. The van der Waals surface area contributed by atoms with E-state index in [-0.39, 0.29) is 16.9 Å². The van der Waals surface area contributed by atoms with E-state index in [0.717, 1.165) is 36.0 Å². The van der Waals surface area contributed by atoms with Crippen molar-refractivity contribution in [1.29, 1.82) is 5.26 Å². The molecule has 1 amide bonds. The van der Waals surface area contributed by atoms with Crippen molar-refractivity contribution < 1.29 is 19.4 Å². The molecule has 2 aliphatic carbocycles. The zero-order valence-corrected chi connectivity index (χ0v) is 20.9. The summed E-state index contributed by atoms with van der Waals surface area (Å²) >= 11 is 0. The number of anilines is 1. The van der Waals surface area contributed by atoms with Crippen molar-refractivity contribution in [2.45, 2.75) is 70.2 Å². The van der Waals surface area contributed by atoms with E-state index in [1.165, 1.54) is 6.20 Å². The number of nitriles is 1. The number of aromatic nitrogens is 2. The van der Waals surface area contributed by atoms with E-state index in [1.807, 2.05) is 24.3 Å². The van der Waals surface area contributed by atoms with Gasteiger partial charge in [0.1, 0.15) is 11.8 Å². The van der Waals surface area contributed by atoms with E-state index >= 15 is 0 Å². The molecule has 8 nitrogen and oxygen atoms in total. The smallest absolute Gasteiger partial charge is 0.291 e. The number of nitrogens with one attached hydrogen (secondary N) is 2. The number of rotatable bonds is 6. The molecule has 0 atom stereocenters. The predicted molar refractivity (Wildman–Crippen MR) is 132 cm³/mol. The molecule has 0 saturated heterocycles. The predicted octanol–water partition coefficient (Wildman–Crippen LogP) is 4.88. The first-order chi connectivity index (χ1) is 16.6. The maximum atomic E-state index is 12.9. The number of hydrogen-bond acceptors (Lipinski definition) is 6. The molecule has 0 aliphatic heterocycles. The Morgan fingerprint density at radius 1 is 1.17 bits per heavy atom. The Balaban J connectivity index is 1.66. The molecule has 2 aromatic rings. The third-order valence-corrected chi connectivity index (χ3v) is 7.62. The fourth-order valence-corrected chi connectivity index (χ4v) is 5.03. The number of carbonyl (C=O) groups is 1. The van der Waals surface area contributed by atoms with Gasteiger partial charge in [0.15, 0.2) is 11.6 Å². The average molecular weight is 479 g/mol. The Hall–Kier alpha value is -2.99. The second kappa shape index (κ2) is 9.57. The molecule has 0 unspecified atom stereocenters. The normalized spacial score (nSPS) is 20.5. The van der Waals surface area contributed by atoms with E-state index in [9.17, 15) is 9.90 Å². The summed E-state index contributed by atoms with van der Waals surface area (Å²) < 4.78 is 11.2. The van der Waals surface area contributed by atoms with Crippen LogP contribution in [0.2, 0.25) is 0 Å². The molecule has 1 heterocycles. The maximum absolute atomic E-state index is 12.9. The molecule has 4 rings (SSSR count). The van der Waals surface area contributed by atoms with Crippen LogP contribution in [0.4, 0.5) is 5.69 Å². The van der Waals surface area contributed by atoms with Crippen LogP contribution in [0.3, 0.4) is 0 Å². The van der Waals surface area contributed by atoms with Crippen LogP contribution in [0.25, 0.3) is 5.57 Å². The average Bonchev–Trinajstić information content (AvgIpc) is 3.35. The minimum Gasteiger partial charge on any atom is -0.385 e. The molecule has 1 aromatic carbocycles. The van der Waals surface area contributed by atoms with Gasteiger partial charge in [0.2, 0.25) is 0 Å². The quantitative estimate of drug-likeness (QED) is 0.509. The van der Waals surface area contributed by atoms with Gasteiger partial charge >= 0.3 is 0 Å². The number of ether oxygens (including phenoxy) is 2. The Labute approximate surface area is 206 Å². The number of H-pyrrole nitrogens is 1. The minimum absolute atomic E-state index is 0.0803. The maximum Gasteiger partial charge on any atom is 0.291 e. The molecule has 3 N–H and O–H groups in total. The van der Waals surface area contributed by atoms with Gasteiger partial charge < -0.3 is 24.9 Å². The number of amides is 1. The number of hydrogen-bond donors (Lipinski definition) is 3. The van der Waals surface area contributed by atoms with E-state index in [0.29, 0.717) is 31.4 Å². The van der Waals surface area contributed by atoms with Crippen LogP contribution in [-0.2, 0) is 15.1 Å². The zero-order valence-electron chi connectivity index (χ0n) is 20.9. The van der Waals surface area contributed by atoms with Gasteiger partial charge in [-0.05, 0) is 60.8 Å². The first-order valence-corrected chi connectivity index (χ1v) is 12.1. The summed E-state index contributed by atoms with van der Waals surface area (Å²) in [6.07, 6.45) is 8.63. The summed E-state index contributed by atoms with van der Waals surface area (Å²) in [4.78, 5) is 19.6. The van der Waals surface area contributed by atoms with Gasteiger partial charge in [-0.2, -0.15) is 5.26 Å². The molecule has 1 fully saturated rings. The summed E-state index contributed by atoms with van der Waals surface area (Å²) in [5.74, 6) is -0.999. The minimum atomic E-state index is -1.00. The molecule has 186 valence electrons. The lowest BCUT2D eigenvalue weighted by Crippen LogP contribution is -2.43. The fourth-order valence-electron chi connectivity index (χ4n) is 5.03. The highest BCUT2D eigenvalue weighted by Crippen LogP contribution is 2.45. The molecule has 0 spiro atoms. The van der Waals surface area contributed by atoms with Crippen LogP contribution in [0.15, 0.2) is 30.5 Å². The Morgan fingerprint density at radius 2 is 1.89 bits per heavy atom. The van der Waals surface area contributed by atoms with Crippen molar-refractivity contribution >= 4 is 17.2 Å². The highest BCUT2D eigenvalue weighted by atomic mass is 16.7. The Bertz CT molecular complexity index is 1160. The van der Waals surface area contributed by atoms with Crippen LogP contribution in [0.5, 0.6) is 0 Å². The van der Waals surface area contributed by atoms with Crippen molar-refractivity contribution in [3.05, 3.63) is 53.1 Å². The highest BCUT2D eigenvalue weighted by molar-refractivity contribution is 6.03. The number of methoxy groups -OCH3 is 2. The molecule has 0 radical (unpaired) electrons. The summed E-state index contributed by atoms with van der Waals surface area (Å²) in [6.45, 7) is 4.51. The van der Waals surface area contributed by atoms with E-state index < -0.39 is 17.3 Å². The molecule has 0 bridgehead atoms. The lowest BCUT2D eigenvalue weighted by atomic mass is 9.74. The third kappa shape index (κ3) is 5.18. The molecule has 8 heteroatoms. The largest absolute Gasteiger partial charge is 0.385 e. The number of benzene rings is 1. The van der Waals surface area contributed by atoms with Gasteiger partial charge in [-0.3, -0.25) is 4.79 Å². The molecule has 1 aromatic heterocycles. The number of imidazole rings is 1. The van der Waals surface area contributed by atoms with Gasteiger partial charge in [0, 0.05) is 38.3 Å². The van der Waals surface area contributed by atoms with Crippen molar-refractivity contribution in [1.82, 2.24) is 9.97 Å². The lowest BCUT2D eigenvalue weighted by molar-refractivity contribution is -0.243. The van der Waals surface area contributed by atoms with Crippen LogP contribution < -0.4 is 5.32 Å². The topological polar surface area (TPSA) is 120 Å². The number of aliphatic hydroxyl groups is 1. The molecule has 35 heavy (non-hydrogen) atoms. The summed E-state index contributed by atoms with van der Waals surface area (Å²) in [5, 5.41) is 23.6. The first-order valence-electron chi connectivity index (χ1n) is 12.1. The number of carbonyl (C=O) groups excluding carboxylic acids is 1. The van der Waals surface area contributed by atoms with Gasteiger partial charge in [-0.25, -0.2) is 4.98 Å². The van der Waals surface area contributed by atoms with Gasteiger partial charge in [0.05, 0.1) is 11.8 Å². The summed E-state index contributed by atoms with van der Waals surface area (Å²) in [5.41, 5.74) is 2.99. The summed E-state index contributed by atoms with van der Waals surface area (Å²) in [6, 6.07) is 7.68.